The van der Waals surface area contributed by atoms with Crippen LogP contribution in [-0.2, 0) is 11.2 Å². The number of thiophene rings is 1. The minimum absolute atomic E-state index is 0.296. The molecule has 2 aromatic rings. The fourth-order valence-corrected chi connectivity index (χ4v) is 5.22. The van der Waals surface area contributed by atoms with Crippen molar-refractivity contribution < 1.29 is 19.0 Å². The minimum Gasteiger partial charge on any atom is -0.493 e. The van der Waals surface area contributed by atoms with Gasteiger partial charge in [-0.2, -0.15) is 0 Å². The van der Waals surface area contributed by atoms with E-state index in [-0.39, 0.29) is 5.97 Å². The molecule has 0 amide bonds. The van der Waals surface area contributed by atoms with Crippen LogP contribution in [0, 0.1) is 0 Å². The van der Waals surface area contributed by atoms with E-state index in [1.807, 2.05) is 13.0 Å². The number of esters is 1. The van der Waals surface area contributed by atoms with E-state index in [2.05, 4.69) is 17.6 Å². The van der Waals surface area contributed by atoms with Gasteiger partial charge in [-0.25, -0.2) is 4.79 Å². The molecule has 8 heteroatoms. The lowest BCUT2D eigenvalue weighted by molar-refractivity contribution is 0.0526. The van der Waals surface area contributed by atoms with E-state index >= 15 is 0 Å². The Labute approximate surface area is 180 Å². The molecule has 0 saturated carbocycles. The Bertz CT molecular complexity index is 910. The normalized spacial score (nSPS) is 15.2. The first-order valence-corrected chi connectivity index (χ1v) is 10.8. The molecule has 29 heavy (non-hydrogen) atoms. The van der Waals surface area contributed by atoms with Crippen LogP contribution in [0.5, 0.6) is 11.5 Å². The van der Waals surface area contributed by atoms with Crippen LogP contribution < -0.4 is 20.1 Å². The van der Waals surface area contributed by atoms with Crippen molar-refractivity contribution in [1.82, 2.24) is 0 Å². The monoisotopic (exact) mass is 434 g/mol. The lowest BCUT2D eigenvalue weighted by Gasteiger charge is -2.19. The Kier molecular flexibility index (Phi) is 6.97. The first kappa shape index (κ1) is 21.4. The third kappa shape index (κ3) is 4.64. The van der Waals surface area contributed by atoms with E-state index < -0.39 is 0 Å². The average Bonchev–Trinajstić information content (AvgIpc) is 3.07. The Morgan fingerprint density at radius 3 is 2.69 bits per heavy atom. The van der Waals surface area contributed by atoms with Gasteiger partial charge in [-0.1, -0.05) is 6.92 Å². The number of carbonyl (C=O) groups excluding carboxylic acids is 1. The van der Waals surface area contributed by atoms with Crippen LogP contribution >= 0.6 is 23.6 Å². The summed E-state index contributed by atoms with van der Waals surface area (Å²) < 4.78 is 15.9. The van der Waals surface area contributed by atoms with Crippen LogP contribution in [0.1, 0.15) is 53.4 Å². The van der Waals surface area contributed by atoms with Crippen molar-refractivity contribution in [3.8, 4) is 11.5 Å². The average molecular weight is 435 g/mol. The fraction of sp³-hybridized carbons (Fsp3) is 0.429. The summed E-state index contributed by atoms with van der Waals surface area (Å²) in [5.41, 5.74) is 2.49. The van der Waals surface area contributed by atoms with E-state index in [0.717, 1.165) is 35.5 Å². The number of thiocarbonyl (C=S) groups is 1. The van der Waals surface area contributed by atoms with Crippen LogP contribution in [0.4, 0.5) is 10.7 Å². The third-order valence-corrected chi connectivity index (χ3v) is 6.29. The molecule has 0 aliphatic heterocycles. The lowest BCUT2D eigenvalue weighted by Crippen LogP contribution is -2.21. The molecule has 1 aromatic heterocycles. The van der Waals surface area contributed by atoms with Crippen LogP contribution in [0.15, 0.2) is 18.2 Å². The molecule has 1 aromatic carbocycles. The van der Waals surface area contributed by atoms with Gasteiger partial charge in [0, 0.05) is 16.6 Å². The molecular weight excluding hydrogens is 408 g/mol. The molecule has 0 radical (unpaired) electrons. The fourth-order valence-electron chi connectivity index (χ4n) is 3.58. The number of hydrogen-bond donors (Lipinski definition) is 2. The lowest BCUT2D eigenvalue weighted by atomic mass is 9.86. The summed E-state index contributed by atoms with van der Waals surface area (Å²) in [5.74, 6) is 1.28. The molecule has 0 spiro atoms. The molecule has 1 aliphatic carbocycles. The highest BCUT2D eigenvalue weighted by Gasteiger charge is 2.30. The molecule has 156 valence electrons. The number of fused-ring (bicyclic) bond motifs is 1. The number of ether oxygens (including phenoxy) is 3. The molecule has 1 atom stereocenters. The van der Waals surface area contributed by atoms with Gasteiger partial charge in [0.05, 0.1) is 26.4 Å². The number of anilines is 2. The van der Waals surface area contributed by atoms with Crippen LogP contribution in [0.25, 0.3) is 0 Å². The van der Waals surface area contributed by atoms with Gasteiger partial charge < -0.3 is 24.8 Å². The van der Waals surface area contributed by atoms with Gasteiger partial charge in [-0.3, -0.25) is 0 Å². The van der Waals surface area contributed by atoms with Crippen molar-refractivity contribution >= 4 is 45.3 Å². The van der Waals surface area contributed by atoms with Gasteiger partial charge in [-0.15, -0.1) is 11.3 Å². The van der Waals surface area contributed by atoms with Crippen LogP contribution in [-0.4, -0.2) is 31.9 Å². The van der Waals surface area contributed by atoms with Crippen LogP contribution in [0.2, 0.25) is 0 Å². The number of rotatable bonds is 6. The second-order valence-electron chi connectivity index (χ2n) is 6.81. The Hall–Kier alpha value is -2.32. The maximum Gasteiger partial charge on any atom is 0.341 e. The van der Waals surface area contributed by atoms with E-state index in [4.69, 9.17) is 26.4 Å². The second-order valence-corrected chi connectivity index (χ2v) is 8.32. The van der Waals surface area contributed by atoms with Crippen molar-refractivity contribution in [2.24, 2.45) is 0 Å². The summed E-state index contributed by atoms with van der Waals surface area (Å²) in [6.07, 6.45) is 3.18. The minimum atomic E-state index is -0.296. The molecule has 2 N–H and O–H groups in total. The zero-order valence-electron chi connectivity index (χ0n) is 17.1. The molecule has 0 fully saturated rings. The van der Waals surface area contributed by atoms with Crippen molar-refractivity contribution in [3.05, 3.63) is 34.2 Å². The summed E-state index contributed by atoms with van der Waals surface area (Å²) in [4.78, 5) is 13.9. The van der Waals surface area contributed by atoms with Gasteiger partial charge in [-0.05, 0) is 62.0 Å². The maximum atomic E-state index is 12.7. The first-order valence-electron chi connectivity index (χ1n) is 9.61. The van der Waals surface area contributed by atoms with Gasteiger partial charge in [0.25, 0.3) is 0 Å². The van der Waals surface area contributed by atoms with Gasteiger partial charge in [0.15, 0.2) is 16.6 Å². The van der Waals surface area contributed by atoms with Crippen molar-refractivity contribution in [2.75, 3.05) is 31.5 Å². The van der Waals surface area contributed by atoms with Crippen molar-refractivity contribution in [2.45, 2.75) is 39.0 Å². The molecular formula is C21H26N2O4S2. The molecule has 0 bridgehead atoms. The highest BCUT2D eigenvalue weighted by molar-refractivity contribution is 7.80. The number of aryl methyl sites for hydroxylation is 1. The largest absolute Gasteiger partial charge is 0.493 e. The Morgan fingerprint density at radius 1 is 1.24 bits per heavy atom. The van der Waals surface area contributed by atoms with E-state index in [1.165, 1.54) is 4.88 Å². The van der Waals surface area contributed by atoms with Crippen LogP contribution in [0.3, 0.4) is 0 Å². The summed E-state index contributed by atoms with van der Waals surface area (Å²) >= 11 is 7.09. The smallest absolute Gasteiger partial charge is 0.341 e. The third-order valence-electron chi connectivity index (χ3n) is 4.90. The summed E-state index contributed by atoms with van der Waals surface area (Å²) in [6, 6.07) is 5.46. The van der Waals surface area contributed by atoms with Crippen molar-refractivity contribution in [3.63, 3.8) is 0 Å². The molecule has 3 rings (SSSR count). The quantitative estimate of drug-likeness (QED) is 0.479. The zero-order valence-corrected chi connectivity index (χ0v) is 18.7. The Morgan fingerprint density at radius 2 is 2.00 bits per heavy atom. The molecule has 0 saturated heterocycles. The maximum absolute atomic E-state index is 12.7. The topological polar surface area (TPSA) is 68.8 Å². The molecule has 1 aliphatic rings. The molecule has 6 nitrogen and oxygen atoms in total. The molecule has 1 heterocycles. The first-order chi connectivity index (χ1) is 14.0. The van der Waals surface area contributed by atoms with Crippen molar-refractivity contribution in [1.29, 1.82) is 0 Å². The standard InChI is InChI=1S/C21H26N2O4S2/c1-5-27-20(24)18-17-12(2)7-6-8-16(17)29-19(18)23-21(28)22-13-9-10-14(25-3)15(11-13)26-4/h9-12H,5-8H2,1-4H3,(H2,22,23,28). The SMILES string of the molecule is CCOC(=O)c1c(NC(=S)Nc2ccc(OC)c(OC)c2)sc2c1C(C)CCC2. The summed E-state index contributed by atoms with van der Waals surface area (Å²) in [5, 5.41) is 7.49. The van der Waals surface area contributed by atoms with Gasteiger partial charge >= 0.3 is 5.97 Å². The number of benzene rings is 1. The predicted octanol–water partition coefficient (Wildman–Crippen LogP) is 5.19. The number of carbonyl (C=O) groups is 1. The summed E-state index contributed by atoms with van der Waals surface area (Å²) in [7, 11) is 3.18. The number of nitrogens with one attached hydrogen (secondary N) is 2. The van der Waals surface area contributed by atoms with Gasteiger partial charge in [0.2, 0.25) is 0 Å². The highest BCUT2D eigenvalue weighted by atomic mass is 32.1. The predicted molar refractivity (Wildman–Crippen MR) is 121 cm³/mol. The number of hydrogen-bond acceptors (Lipinski definition) is 6. The zero-order chi connectivity index (χ0) is 21.0. The van der Waals surface area contributed by atoms with E-state index in [9.17, 15) is 4.79 Å². The number of methoxy groups -OCH3 is 2. The summed E-state index contributed by atoms with van der Waals surface area (Å²) in [6.45, 7) is 4.32. The highest BCUT2D eigenvalue weighted by Crippen LogP contribution is 2.43. The van der Waals surface area contributed by atoms with E-state index in [0.29, 0.717) is 34.7 Å². The second kappa shape index (κ2) is 9.45. The molecule has 1 unspecified atom stereocenters. The Balaban J connectivity index is 1.84. The van der Waals surface area contributed by atoms with Gasteiger partial charge in [0.1, 0.15) is 5.00 Å². The van der Waals surface area contributed by atoms with E-state index in [1.54, 1.807) is 37.7 Å².